The van der Waals surface area contributed by atoms with E-state index in [9.17, 15) is 10.0 Å². The van der Waals surface area contributed by atoms with Gasteiger partial charge in [-0.3, -0.25) is 0 Å². The summed E-state index contributed by atoms with van der Waals surface area (Å²) >= 11 is 0. The number of nitrogens with zero attached hydrogens (tertiary/aromatic N) is 1. The minimum absolute atomic E-state index is 0.367. The summed E-state index contributed by atoms with van der Waals surface area (Å²) in [6.07, 6.45) is 0. The normalized spacial score (nSPS) is 13.3. The molecule has 0 saturated carbocycles. The molecule has 2 N–H and O–H groups in total. The standard InChI is InChI=1S/C41H34BNO3/c1-25-12-8-9-15-29(25)31-24-33-32-23-27(20-21-37(32)43(38(33)22-26(31)2)28-13-6-5-7-14-28)30-16-10-17-34-39(30)46-40-35(41(34,3)4)18-11-19-36(40)42(44)45/h5-24,44-45H,1-4H3. The SMILES string of the molecule is Cc1ccccc1-c1cc2c3cc(-c4cccc5c4Oc4c(B(O)O)cccc4C5(C)C)ccc3n(-c3ccccc3)c2cc1C. The molecule has 0 amide bonds. The van der Waals surface area contributed by atoms with Gasteiger partial charge in [0.2, 0.25) is 0 Å². The zero-order valence-electron chi connectivity index (χ0n) is 26.4. The molecule has 0 aliphatic carbocycles. The number of para-hydroxylation sites is 3. The van der Waals surface area contributed by atoms with Crippen LogP contribution in [0.15, 0.2) is 121 Å². The van der Waals surface area contributed by atoms with Gasteiger partial charge in [0.1, 0.15) is 11.5 Å². The van der Waals surface area contributed by atoms with Crippen LogP contribution in [0.2, 0.25) is 0 Å². The minimum atomic E-state index is -1.63. The van der Waals surface area contributed by atoms with Crippen LogP contribution < -0.4 is 10.2 Å². The third-order valence-corrected chi connectivity index (χ3v) is 9.76. The Morgan fingerprint density at radius 3 is 2.02 bits per heavy atom. The summed E-state index contributed by atoms with van der Waals surface area (Å²) in [6.45, 7) is 8.70. The van der Waals surface area contributed by atoms with Gasteiger partial charge in [-0.15, -0.1) is 0 Å². The topological polar surface area (TPSA) is 54.6 Å². The molecule has 0 radical (unpaired) electrons. The van der Waals surface area contributed by atoms with Gasteiger partial charge in [0.25, 0.3) is 0 Å². The maximum Gasteiger partial charge on any atom is 0.492 e. The smallest absolute Gasteiger partial charge is 0.456 e. The third kappa shape index (κ3) is 4.23. The molecule has 0 spiro atoms. The maximum atomic E-state index is 10.2. The Morgan fingerprint density at radius 1 is 0.587 bits per heavy atom. The second-order valence-corrected chi connectivity index (χ2v) is 12.9. The second-order valence-electron chi connectivity index (χ2n) is 12.9. The summed E-state index contributed by atoms with van der Waals surface area (Å²) in [4.78, 5) is 0. The van der Waals surface area contributed by atoms with E-state index in [4.69, 9.17) is 4.74 Å². The zero-order chi connectivity index (χ0) is 31.7. The fourth-order valence-corrected chi connectivity index (χ4v) is 7.34. The largest absolute Gasteiger partial charge is 0.492 e. The van der Waals surface area contributed by atoms with Crippen molar-refractivity contribution in [1.82, 2.24) is 4.57 Å². The third-order valence-electron chi connectivity index (χ3n) is 9.76. The molecule has 1 aliphatic heterocycles. The Hall–Kier alpha value is -5.10. The Bertz CT molecular complexity index is 2320. The quantitative estimate of drug-likeness (QED) is 0.199. The molecule has 8 rings (SSSR count). The summed E-state index contributed by atoms with van der Waals surface area (Å²) in [5, 5.41) is 22.8. The van der Waals surface area contributed by atoms with Crippen LogP contribution in [0.4, 0.5) is 0 Å². The first-order valence-electron chi connectivity index (χ1n) is 15.8. The van der Waals surface area contributed by atoms with Crippen molar-refractivity contribution in [2.24, 2.45) is 0 Å². The Kier molecular flexibility index (Phi) is 6.47. The number of rotatable bonds is 4. The molecule has 0 unspecified atom stereocenters. The van der Waals surface area contributed by atoms with Crippen molar-refractivity contribution < 1.29 is 14.8 Å². The maximum absolute atomic E-state index is 10.2. The molecule has 0 saturated heterocycles. The molecule has 0 bridgehead atoms. The fourth-order valence-electron chi connectivity index (χ4n) is 7.34. The van der Waals surface area contributed by atoms with Crippen LogP contribution >= 0.6 is 0 Å². The van der Waals surface area contributed by atoms with Gasteiger partial charge < -0.3 is 19.4 Å². The van der Waals surface area contributed by atoms with Gasteiger partial charge in [-0.25, -0.2) is 0 Å². The summed E-state index contributed by atoms with van der Waals surface area (Å²) in [5.41, 5.74) is 12.3. The number of benzene rings is 6. The predicted molar refractivity (Wildman–Crippen MR) is 190 cm³/mol. The van der Waals surface area contributed by atoms with E-state index in [1.807, 2.05) is 12.1 Å². The summed E-state index contributed by atoms with van der Waals surface area (Å²) in [7, 11) is -1.63. The average molecular weight is 600 g/mol. The molecular weight excluding hydrogens is 565 g/mol. The van der Waals surface area contributed by atoms with Crippen LogP contribution in [0.1, 0.15) is 36.1 Å². The number of aryl methyl sites for hydroxylation is 2. The molecule has 5 heteroatoms. The van der Waals surface area contributed by atoms with Gasteiger partial charge in [0.15, 0.2) is 0 Å². The molecule has 7 aromatic rings. The first kappa shape index (κ1) is 28.4. The van der Waals surface area contributed by atoms with Crippen molar-refractivity contribution in [1.29, 1.82) is 0 Å². The lowest BCUT2D eigenvalue weighted by Gasteiger charge is -2.36. The van der Waals surface area contributed by atoms with Crippen molar-refractivity contribution in [3.63, 3.8) is 0 Å². The Balaban J connectivity index is 1.39. The first-order valence-corrected chi connectivity index (χ1v) is 15.8. The van der Waals surface area contributed by atoms with Crippen LogP contribution in [0.5, 0.6) is 11.5 Å². The van der Waals surface area contributed by atoms with Crippen molar-refractivity contribution in [3.05, 3.63) is 144 Å². The molecule has 1 aromatic heterocycles. The summed E-state index contributed by atoms with van der Waals surface area (Å²) in [5.74, 6) is 1.26. The van der Waals surface area contributed by atoms with Crippen LogP contribution in [-0.2, 0) is 5.41 Å². The monoisotopic (exact) mass is 599 g/mol. The molecule has 0 atom stereocenters. The lowest BCUT2D eigenvalue weighted by atomic mass is 9.70. The zero-order valence-corrected chi connectivity index (χ0v) is 26.4. The van der Waals surface area contributed by atoms with Gasteiger partial charge >= 0.3 is 7.12 Å². The highest BCUT2D eigenvalue weighted by Gasteiger charge is 2.38. The van der Waals surface area contributed by atoms with Gasteiger partial charge in [0.05, 0.1) is 11.0 Å². The Morgan fingerprint density at radius 2 is 1.26 bits per heavy atom. The number of hydrogen-bond acceptors (Lipinski definition) is 3. The van der Waals surface area contributed by atoms with Crippen LogP contribution in [0, 0.1) is 13.8 Å². The van der Waals surface area contributed by atoms with E-state index in [1.165, 1.54) is 27.6 Å². The van der Waals surface area contributed by atoms with Crippen molar-refractivity contribution in [2.75, 3.05) is 0 Å². The molecule has 224 valence electrons. The van der Waals surface area contributed by atoms with Crippen molar-refractivity contribution in [3.8, 4) is 39.4 Å². The number of aromatic nitrogens is 1. The highest BCUT2D eigenvalue weighted by atomic mass is 16.5. The average Bonchev–Trinajstić information content (AvgIpc) is 3.37. The summed E-state index contributed by atoms with van der Waals surface area (Å²) in [6, 6.07) is 42.3. The minimum Gasteiger partial charge on any atom is -0.456 e. The van der Waals surface area contributed by atoms with E-state index in [0.717, 1.165) is 50.1 Å². The van der Waals surface area contributed by atoms with E-state index in [-0.39, 0.29) is 0 Å². The van der Waals surface area contributed by atoms with E-state index < -0.39 is 12.5 Å². The Labute approximate surface area is 269 Å². The van der Waals surface area contributed by atoms with Crippen LogP contribution in [0.3, 0.4) is 0 Å². The highest BCUT2D eigenvalue weighted by Crippen LogP contribution is 2.51. The molecule has 6 aromatic carbocycles. The van der Waals surface area contributed by atoms with Gasteiger partial charge in [-0.2, -0.15) is 0 Å². The molecule has 4 nitrogen and oxygen atoms in total. The molecule has 1 aliphatic rings. The highest BCUT2D eigenvalue weighted by molar-refractivity contribution is 6.59. The molecule has 2 heterocycles. The van der Waals surface area contributed by atoms with E-state index >= 15 is 0 Å². The molecule has 46 heavy (non-hydrogen) atoms. The van der Waals surface area contributed by atoms with E-state index in [0.29, 0.717) is 11.2 Å². The number of ether oxygens (including phenoxy) is 1. The van der Waals surface area contributed by atoms with Crippen LogP contribution in [0.25, 0.3) is 49.7 Å². The van der Waals surface area contributed by atoms with Crippen molar-refractivity contribution in [2.45, 2.75) is 33.1 Å². The number of fused-ring (bicyclic) bond motifs is 5. The molecule has 0 fully saturated rings. The second kappa shape index (κ2) is 10.5. The molecular formula is C41H34BNO3. The summed E-state index contributed by atoms with van der Waals surface area (Å²) < 4.78 is 9.00. The van der Waals surface area contributed by atoms with Crippen molar-refractivity contribution >= 4 is 34.4 Å². The van der Waals surface area contributed by atoms with Gasteiger partial charge in [-0.05, 0) is 78.1 Å². The van der Waals surface area contributed by atoms with E-state index in [1.54, 1.807) is 6.07 Å². The first-order chi connectivity index (χ1) is 22.2. The lowest BCUT2D eigenvalue weighted by molar-refractivity contribution is 0.406. The fraction of sp³-hybridized carbons (Fsp3) is 0.122. The predicted octanol–water partition coefficient (Wildman–Crippen LogP) is 8.85. The van der Waals surface area contributed by atoms with Crippen LogP contribution in [-0.4, -0.2) is 21.7 Å². The van der Waals surface area contributed by atoms with Gasteiger partial charge in [-0.1, -0.05) is 98.8 Å². The van der Waals surface area contributed by atoms with Gasteiger partial charge in [0, 0.05) is 44.0 Å². The lowest BCUT2D eigenvalue weighted by Crippen LogP contribution is -2.35. The van der Waals surface area contributed by atoms with E-state index in [2.05, 4.69) is 135 Å². The number of hydrogen-bond donors (Lipinski definition) is 2.